The molecule has 4 atom stereocenters. The molecule has 0 aliphatic carbocycles. The van der Waals surface area contributed by atoms with Gasteiger partial charge in [-0.25, -0.2) is 0 Å². The van der Waals surface area contributed by atoms with E-state index in [0.717, 1.165) is 24.2 Å². The van der Waals surface area contributed by atoms with Gasteiger partial charge in [0.15, 0.2) is 0 Å². The second kappa shape index (κ2) is 11.6. The number of benzene rings is 2. The average molecular weight is 531 g/mol. The van der Waals surface area contributed by atoms with Gasteiger partial charge in [-0.15, -0.1) is 0 Å². The van der Waals surface area contributed by atoms with E-state index in [-0.39, 0.29) is 24.2 Å². The van der Waals surface area contributed by atoms with Crippen LogP contribution in [-0.2, 0) is 20.8 Å². The minimum absolute atomic E-state index is 0.132. The maximum absolute atomic E-state index is 13.8. The molecule has 2 aliphatic heterocycles. The van der Waals surface area contributed by atoms with Gasteiger partial charge in [-0.2, -0.15) is 5.26 Å². The van der Waals surface area contributed by atoms with Gasteiger partial charge < -0.3 is 5.11 Å². The topological polar surface area (TPSA) is 154 Å². The van der Waals surface area contributed by atoms with Crippen molar-refractivity contribution in [3.63, 3.8) is 0 Å². The van der Waals surface area contributed by atoms with E-state index in [1.165, 1.54) is 24.3 Å². The van der Waals surface area contributed by atoms with Gasteiger partial charge in [0.25, 0.3) is 5.69 Å². The highest BCUT2D eigenvalue weighted by molar-refractivity contribution is 6.09. The Labute approximate surface area is 226 Å². The number of aliphatic carboxylic acids is 1. The van der Waals surface area contributed by atoms with Crippen molar-refractivity contribution in [2.75, 3.05) is 6.54 Å². The predicted molar refractivity (Wildman–Crippen MR) is 141 cm³/mol. The Morgan fingerprint density at radius 3 is 2.49 bits per heavy atom. The van der Waals surface area contributed by atoms with Crippen molar-refractivity contribution in [2.24, 2.45) is 11.8 Å². The lowest BCUT2D eigenvalue weighted by atomic mass is 9.76. The molecule has 2 aromatic rings. The Kier molecular flexibility index (Phi) is 8.21. The molecule has 2 amide bonds. The molecule has 0 spiro atoms. The summed E-state index contributed by atoms with van der Waals surface area (Å²) in [6.45, 7) is 2.22. The summed E-state index contributed by atoms with van der Waals surface area (Å²) in [6.07, 6.45) is 7.20. The van der Waals surface area contributed by atoms with Crippen molar-refractivity contribution < 1.29 is 24.4 Å². The summed E-state index contributed by atoms with van der Waals surface area (Å²) in [5.41, 5.74) is -0.827. The third-order valence-electron chi connectivity index (χ3n) is 7.58. The van der Waals surface area contributed by atoms with Crippen molar-refractivity contribution in [3.05, 3.63) is 87.5 Å². The lowest BCUT2D eigenvalue weighted by Crippen LogP contribution is -2.57. The zero-order valence-corrected chi connectivity index (χ0v) is 21.6. The van der Waals surface area contributed by atoms with Gasteiger partial charge in [-0.1, -0.05) is 62.2 Å². The van der Waals surface area contributed by atoms with Crippen LogP contribution in [0.1, 0.15) is 55.3 Å². The second-order valence-electron chi connectivity index (χ2n) is 9.93. The average Bonchev–Trinajstić information content (AvgIpc) is 3.40. The van der Waals surface area contributed by atoms with Crippen LogP contribution in [0.25, 0.3) is 0 Å². The van der Waals surface area contributed by atoms with E-state index in [0.29, 0.717) is 17.5 Å². The van der Waals surface area contributed by atoms with Crippen molar-refractivity contribution in [1.82, 2.24) is 10.2 Å². The molecule has 10 nitrogen and oxygen atoms in total. The first kappa shape index (κ1) is 27.7. The van der Waals surface area contributed by atoms with Crippen LogP contribution < -0.4 is 5.32 Å². The number of carbonyl (C=O) groups is 3. The SMILES string of the molecule is CCCCC=CCCN1C(=O)C2C(c3ccccc3C#N)NC(Cc3ccc([N+](=O)[O-])cc3)(C(=O)O)C2C1=O. The summed E-state index contributed by atoms with van der Waals surface area (Å²) in [6, 6.07) is 13.3. The maximum Gasteiger partial charge on any atom is 0.325 e. The zero-order chi connectivity index (χ0) is 28.2. The number of amides is 2. The number of hydrogen-bond acceptors (Lipinski definition) is 7. The minimum atomic E-state index is -1.87. The maximum atomic E-state index is 13.8. The molecule has 2 saturated heterocycles. The van der Waals surface area contributed by atoms with E-state index in [4.69, 9.17) is 0 Å². The highest BCUT2D eigenvalue weighted by Gasteiger charge is 2.68. The number of nitriles is 1. The highest BCUT2D eigenvalue weighted by Crippen LogP contribution is 2.50. The van der Waals surface area contributed by atoms with Gasteiger partial charge in [0.05, 0.1) is 28.4 Å². The third-order valence-corrected chi connectivity index (χ3v) is 7.58. The molecule has 10 heteroatoms. The van der Waals surface area contributed by atoms with Crippen molar-refractivity contribution in [1.29, 1.82) is 5.26 Å². The Balaban J connectivity index is 1.74. The number of nitrogens with one attached hydrogen (secondary N) is 1. The fourth-order valence-electron chi connectivity index (χ4n) is 5.67. The summed E-state index contributed by atoms with van der Waals surface area (Å²) in [5.74, 6) is -4.59. The largest absolute Gasteiger partial charge is 0.480 e. The molecule has 2 heterocycles. The van der Waals surface area contributed by atoms with E-state index in [2.05, 4.69) is 18.3 Å². The molecule has 0 saturated carbocycles. The first-order valence-corrected chi connectivity index (χ1v) is 13.0. The molecule has 39 heavy (non-hydrogen) atoms. The van der Waals surface area contributed by atoms with Gasteiger partial charge in [0.2, 0.25) is 11.8 Å². The number of likely N-dealkylation sites (tertiary alicyclic amines) is 1. The number of nitro benzene ring substituents is 1. The first-order valence-electron chi connectivity index (χ1n) is 13.0. The number of carboxylic acids is 1. The Morgan fingerprint density at radius 2 is 1.85 bits per heavy atom. The fraction of sp³-hybridized carbons (Fsp3) is 0.379. The van der Waals surface area contributed by atoms with Crippen LogP contribution >= 0.6 is 0 Å². The van der Waals surface area contributed by atoms with Crippen LogP contribution in [0.15, 0.2) is 60.7 Å². The molecular formula is C29H30N4O6. The van der Waals surface area contributed by atoms with Gasteiger partial charge in [0.1, 0.15) is 5.54 Å². The Morgan fingerprint density at radius 1 is 1.15 bits per heavy atom. The fourth-order valence-corrected chi connectivity index (χ4v) is 5.67. The summed E-state index contributed by atoms with van der Waals surface area (Å²) in [4.78, 5) is 52.1. The smallest absolute Gasteiger partial charge is 0.325 e. The molecule has 2 fully saturated rings. The van der Waals surface area contributed by atoms with E-state index < -0.39 is 46.1 Å². The molecule has 2 aromatic carbocycles. The lowest BCUT2D eigenvalue weighted by molar-refractivity contribution is -0.384. The van der Waals surface area contributed by atoms with Crippen molar-refractivity contribution in [2.45, 2.75) is 50.6 Å². The highest BCUT2D eigenvalue weighted by atomic mass is 16.6. The Hall–Kier alpha value is -4.36. The molecule has 202 valence electrons. The number of rotatable bonds is 11. The number of hydrogen-bond donors (Lipinski definition) is 2. The standard InChI is InChI=1S/C29H30N4O6/c1-2-3-4-5-6-9-16-32-26(34)23-24(27(32)35)29(28(36)37,17-19-12-14-21(15-13-19)33(38)39)31-25(23)22-11-8-7-10-20(22)18-30/h5-8,10-15,23-25,31H,2-4,9,16-17H2,1H3,(H,36,37). The van der Waals surface area contributed by atoms with Crippen LogP contribution in [-0.4, -0.2) is 44.8 Å². The first-order chi connectivity index (χ1) is 18.7. The molecule has 4 unspecified atom stereocenters. The monoisotopic (exact) mass is 530 g/mol. The number of carboxylic acid groups (broad SMARTS) is 1. The lowest BCUT2D eigenvalue weighted by Gasteiger charge is -2.31. The van der Waals surface area contributed by atoms with Crippen LogP contribution in [0.2, 0.25) is 0 Å². The molecule has 2 N–H and O–H groups in total. The predicted octanol–water partition coefficient (Wildman–Crippen LogP) is 3.91. The van der Waals surface area contributed by atoms with Crippen molar-refractivity contribution >= 4 is 23.5 Å². The summed E-state index contributed by atoms with van der Waals surface area (Å²) in [7, 11) is 0. The van der Waals surface area contributed by atoms with E-state index in [1.54, 1.807) is 24.3 Å². The number of nitro groups is 1. The number of unbranched alkanes of at least 4 members (excludes halogenated alkanes) is 2. The molecule has 0 bridgehead atoms. The van der Waals surface area contributed by atoms with E-state index in [1.807, 2.05) is 12.2 Å². The molecule has 0 aromatic heterocycles. The normalized spacial score (nSPS) is 24.2. The van der Waals surface area contributed by atoms with Gasteiger partial charge in [-0.05, 0) is 30.0 Å². The van der Waals surface area contributed by atoms with Gasteiger partial charge >= 0.3 is 5.97 Å². The van der Waals surface area contributed by atoms with Crippen LogP contribution in [0.5, 0.6) is 0 Å². The third kappa shape index (κ3) is 5.18. The number of allylic oxidation sites excluding steroid dienone is 1. The van der Waals surface area contributed by atoms with Crippen LogP contribution in [0.4, 0.5) is 5.69 Å². The molecule has 2 aliphatic rings. The van der Waals surface area contributed by atoms with Gasteiger partial charge in [0, 0.05) is 31.1 Å². The summed E-state index contributed by atoms with van der Waals surface area (Å²) >= 11 is 0. The summed E-state index contributed by atoms with van der Waals surface area (Å²) < 4.78 is 0. The number of imide groups is 1. The van der Waals surface area contributed by atoms with Crippen LogP contribution in [0.3, 0.4) is 0 Å². The number of carbonyl (C=O) groups excluding carboxylic acids is 2. The Bertz CT molecular complexity index is 1350. The summed E-state index contributed by atoms with van der Waals surface area (Å²) in [5, 5.41) is 34.5. The van der Waals surface area contributed by atoms with E-state index >= 15 is 0 Å². The zero-order valence-electron chi connectivity index (χ0n) is 21.6. The van der Waals surface area contributed by atoms with Crippen LogP contribution in [0, 0.1) is 33.3 Å². The van der Waals surface area contributed by atoms with E-state index in [9.17, 15) is 34.9 Å². The number of nitrogens with zero attached hydrogens (tertiary/aromatic N) is 3. The minimum Gasteiger partial charge on any atom is -0.480 e. The molecular weight excluding hydrogens is 500 g/mol. The molecule has 4 rings (SSSR count). The second-order valence-corrected chi connectivity index (χ2v) is 9.93. The number of fused-ring (bicyclic) bond motifs is 1. The van der Waals surface area contributed by atoms with Crippen molar-refractivity contribution in [3.8, 4) is 6.07 Å². The quantitative estimate of drug-likeness (QED) is 0.146. The number of non-ortho nitro benzene ring substituents is 1. The van der Waals surface area contributed by atoms with Gasteiger partial charge in [-0.3, -0.25) is 34.7 Å². The molecule has 0 radical (unpaired) electrons.